The highest BCUT2D eigenvalue weighted by Gasteiger charge is 2.43. The lowest BCUT2D eigenvalue weighted by molar-refractivity contribution is -0.145. The zero-order chi connectivity index (χ0) is 15.5. The lowest BCUT2D eigenvalue weighted by atomic mass is 9.78. The highest BCUT2D eigenvalue weighted by molar-refractivity contribution is 5.78. The first-order valence-electron chi connectivity index (χ1n) is 7.82. The molecule has 0 aromatic heterocycles. The molecule has 0 atom stereocenters. The molecule has 2 saturated heterocycles. The molecule has 2 fully saturated rings. The van der Waals surface area contributed by atoms with Gasteiger partial charge in [0.1, 0.15) is 0 Å². The van der Waals surface area contributed by atoms with Crippen LogP contribution in [0.4, 0.5) is 0 Å². The number of hydrogen-bond acceptors (Lipinski definition) is 3. The summed E-state index contributed by atoms with van der Waals surface area (Å²) in [4.78, 5) is 29.9. The highest BCUT2D eigenvalue weighted by Crippen LogP contribution is 2.37. The Kier molecular flexibility index (Phi) is 5.04. The second-order valence-corrected chi connectivity index (χ2v) is 6.44. The molecule has 0 unspecified atom stereocenters. The van der Waals surface area contributed by atoms with Crippen LogP contribution in [-0.2, 0) is 9.59 Å². The number of amides is 2. The van der Waals surface area contributed by atoms with E-state index >= 15 is 0 Å². The van der Waals surface area contributed by atoms with Gasteiger partial charge in [-0.2, -0.15) is 0 Å². The molecule has 1 spiro atoms. The maximum Gasteiger partial charge on any atom is 0.236 e. The molecule has 2 aliphatic heterocycles. The topological polar surface area (TPSA) is 43.9 Å². The monoisotopic (exact) mass is 293 g/mol. The number of likely N-dealkylation sites (tertiary alicyclic amines) is 2. The molecule has 118 valence electrons. The minimum absolute atomic E-state index is 0.00118. The Morgan fingerprint density at radius 1 is 1.33 bits per heavy atom. The van der Waals surface area contributed by atoms with E-state index in [1.165, 1.54) is 0 Å². The van der Waals surface area contributed by atoms with E-state index in [-0.39, 0.29) is 17.4 Å². The summed E-state index contributed by atoms with van der Waals surface area (Å²) in [5.41, 5.74) is 0.00118. The van der Waals surface area contributed by atoms with Crippen molar-refractivity contribution in [3.63, 3.8) is 0 Å². The normalized spacial score (nSPS) is 22.4. The Bertz CT molecular complexity index is 412. The predicted molar refractivity (Wildman–Crippen MR) is 82.9 cm³/mol. The van der Waals surface area contributed by atoms with Crippen molar-refractivity contribution in [3.05, 3.63) is 12.7 Å². The number of carbonyl (C=O) groups excluding carboxylic acids is 2. The highest BCUT2D eigenvalue weighted by atomic mass is 16.2. The standard InChI is InChI=1S/C16H27N3O2/c1-4-10-19-14(20)6-5-7-16(19)8-11-18(12-9-16)13-15(21)17(2)3/h4H,1,5-13H2,2-3H3. The zero-order valence-corrected chi connectivity index (χ0v) is 13.3. The molecule has 0 radical (unpaired) electrons. The minimum Gasteiger partial charge on any atom is -0.348 e. The third kappa shape index (κ3) is 3.46. The van der Waals surface area contributed by atoms with Crippen LogP contribution in [0.2, 0.25) is 0 Å². The number of rotatable bonds is 4. The fraction of sp³-hybridized carbons (Fsp3) is 0.750. The molecule has 0 aromatic carbocycles. The molecule has 5 heteroatoms. The van der Waals surface area contributed by atoms with Crippen molar-refractivity contribution in [2.24, 2.45) is 0 Å². The Labute approximate surface area is 127 Å². The molecule has 5 nitrogen and oxygen atoms in total. The second-order valence-electron chi connectivity index (χ2n) is 6.44. The quantitative estimate of drug-likeness (QED) is 0.729. The van der Waals surface area contributed by atoms with Crippen molar-refractivity contribution < 1.29 is 9.59 Å². The predicted octanol–water partition coefficient (Wildman–Crippen LogP) is 1.11. The van der Waals surface area contributed by atoms with Gasteiger partial charge in [-0.3, -0.25) is 14.5 Å². The number of piperidine rings is 2. The van der Waals surface area contributed by atoms with E-state index in [1.807, 2.05) is 11.0 Å². The van der Waals surface area contributed by atoms with Crippen LogP contribution < -0.4 is 0 Å². The molecular weight excluding hydrogens is 266 g/mol. The van der Waals surface area contributed by atoms with E-state index in [1.54, 1.807) is 19.0 Å². The SMILES string of the molecule is C=CCN1C(=O)CCCC12CCN(CC(=O)N(C)C)CC2. The van der Waals surface area contributed by atoms with Crippen LogP contribution in [0.1, 0.15) is 32.1 Å². The van der Waals surface area contributed by atoms with Gasteiger partial charge < -0.3 is 9.80 Å². The van der Waals surface area contributed by atoms with Crippen LogP contribution >= 0.6 is 0 Å². The van der Waals surface area contributed by atoms with Crippen molar-refractivity contribution in [2.75, 3.05) is 40.3 Å². The molecule has 2 amide bonds. The van der Waals surface area contributed by atoms with Crippen molar-refractivity contribution in [3.8, 4) is 0 Å². The molecule has 0 bridgehead atoms. The maximum absolute atomic E-state index is 12.2. The average Bonchev–Trinajstić information content (AvgIpc) is 2.45. The van der Waals surface area contributed by atoms with Gasteiger partial charge >= 0.3 is 0 Å². The van der Waals surface area contributed by atoms with Crippen LogP contribution in [0, 0.1) is 0 Å². The number of carbonyl (C=O) groups is 2. The fourth-order valence-corrected chi connectivity index (χ4v) is 3.51. The van der Waals surface area contributed by atoms with E-state index in [0.29, 0.717) is 19.5 Å². The summed E-state index contributed by atoms with van der Waals surface area (Å²) in [5.74, 6) is 0.410. The Hall–Kier alpha value is -1.36. The summed E-state index contributed by atoms with van der Waals surface area (Å²) in [6.45, 7) is 6.70. The van der Waals surface area contributed by atoms with Gasteiger partial charge in [-0.25, -0.2) is 0 Å². The smallest absolute Gasteiger partial charge is 0.236 e. The first-order chi connectivity index (χ1) is 9.98. The largest absolute Gasteiger partial charge is 0.348 e. The molecule has 2 aliphatic rings. The van der Waals surface area contributed by atoms with Crippen molar-refractivity contribution in [2.45, 2.75) is 37.6 Å². The third-order valence-corrected chi connectivity index (χ3v) is 4.86. The molecule has 0 aromatic rings. The Morgan fingerprint density at radius 3 is 2.57 bits per heavy atom. The summed E-state index contributed by atoms with van der Waals surface area (Å²) in [5, 5.41) is 0. The number of nitrogens with zero attached hydrogens (tertiary/aromatic N) is 3. The fourth-order valence-electron chi connectivity index (χ4n) is 3.51. The van der Waals surface area contributed by atoms with Crippen molar-refractivity contribution in [1.82, 2.24) is 14.7 Å². The van der Waals surface area contributed by atoms with Gasteiger partial charge in [-0.05, 0) is 25.7 Å². The van der Waals surface area contributed by atoms with Gasteiger partial charge in [0.15, 0.2) is 0 Å². The van der Waals surface area contributed by atoms with Gasteiger partial charge in [-0.1, -0.05) is 6.08 Å². The van der Waals surface area contributed by atoms with E-state index in [9.17, 15) is 9.59 Å². The van der Waals surface area contributed by atoms with Crippen LogP contribution in [0.25, 0.3) is 0 Å². The molecule has 2 rings (SSSR count). The first-order valence-corrected chi connectivity index (χ1v) is 7.82. The lowest BCUT2D eigenvalue weighted by Gasteiger charge is -2.51. The van der Waals surface area contributed by atoms with Gasteiger partial charge in [0.05, 0.1) is 6.54 Å². The van der Waals surface area contributed by atoms with Crippen LogP contribution in [0.15, 0.2) is 12.7 Å². The summed E-state index contributed by atoms with van der Waals surface area (Å²) < 4.78 is 0. The third-order valence-electron chi connectivity index (χ3n) is 4.86. The summed E-state index contributed by atoms with van der Waals surface area (Å²) in [7, 11) is 3.58. The summed E-state index contributed by atoms with van der Waals surface area (Å²) in [6, 6.07) is 0. The van der Waals surface area contributed by atoms with Crippen LogP contribution in [0.3, 0.4) is 0 Å². The molecule has 0 N–H and O–H groups in total. The summed E-state index contributed by atoms with van der Waals surface area (Å²) >= 11 is 0. The van der Waals surface area contributed by atoms with E-state index < -0.39 is 0 Å². The van der Waals surface area contributed by atoms with Gasteiger partial charge in [0, 0.05) is 45.7 Å². The number of hydrogen-bond donors (Lipinski definition) is 0. The molecule has 0 aliphatic carbocycles. The van der Waals surface area contributed by atoms with E-state index in [4.69, 9.17) is 0 Å². The van der Waals surface area contributed by atoms with Gasteiger partial charge in [-0.15, -0.1) is 6.58 Å². The summed E-state index contributed by atoms with van der Waals surface area (Å²) in [6.07, 6.45) is 6.50. The van der Waals surface area contributed by atoms with E-state index in [2.05, 4.69) is 11.5 Å². The Morgan fingerprint density at radius 2 is 2.00 bits per heavy atom. The van der Waals surface area contributed by atoms with Crippen molar-refractivity contribution in [1.29, 1.82) is 0 Å². The minimum atomic E-state index is 0.00118. The first kappa shape index (κ1) is 16.0. The molecule has 0 saturated carbocycles. The lowest BCUT2D eigenvalue weighted by Crippen LogP contribution is -2.60. The molecular formula is C16H27N3O2. The van der Waals surface area contributed by atoms with Crippen LogP contribution in [-0.4, -0.2) is 72.3 Å². The van der Waals surface area contributed by atoms with E-state index in [0.717, 1.165) is 38.8 Å². The maximum atomic E-state index is 12.2. The van der Waals surface area contributed by atoms with Crippen molar-refractivity contribution >= 4 is 11.8 Å². The second kappa shape index (κ2) is 6.60. The average molecular weight is 293 g/mol. The molecule has 21 heavy (non-hydrogen) atoms. The number of likely N-dealkylation sites (N-methyl/N-ethyl adjacent to an activating group) is 1. The zero-order valence-electron chi connectivity index (χ0n) is 13.3. The molecule has 2 heterocycles. The van der Waals surface area contributed by atoms with Gasteiger partial charge in [0.25, 0.3) is 0 Å². The Balaban J connectivity index is 1.98. The van der Waals surface area contributed by atoms with Gasteiger partial charge in [0.2, 0.25) is 11.8 Å². The van der Waals surface area contributed by atoms with Crippen LogP contribution in [0.5, 0.6) is 0 Å².